The lowest BCUT2D eigenvalue weighted by atomic mass is 9.88. The first-order valence-corrected chi connectivity index (χ1v) is 14.7. The smallest absolute Gasteiger partial charge is 0.252 e. The number of nitrogens with zero attached hydrogens (tertiary/aromatic N) is 3. The predicted molar refractivity (Wildman–Crippen MR) is 159 cm³/mol. The number of halogens is 4. The zero-order valence-electron chi connectivity index (χ0n) is 23.8. The second-order valence-corrected chi connectivity index (χ2v) is 11.9. The number of carbonyl (C=O) groups excluding carboxylic acids is 2. The third-order valence-corrected chi connectivity index (χ3v) is 8.81. The van der Waals surface area contributed by atoms with E-state index in [0.29, 0.717) is 0 Å². The maximum absolute atomic E-state index is 14.7. The maximum Gasteiger partial charge on any atom is 0.252 e. The number of alkyl halides is 2. The minimum absolute atomic E-state index is 0.0767. The zero-order valence-corrected chi connectivity index (χ0v) is 24.5. The fourth-order valence-corrected chi connectivity index (χ4v) is 6.60. The summed E-state index contributed by atoms with van der Waals surface area (Å²) in [6.45, 7) is 1.82. The molecular weight excluding hydrogens is 595 g/mol. The van der Waals surface area contributed by atoms with Crippen molar-refractivity contribution >= 4 is 35.2 Å². The van der Waals surface area contributed by atoms with E-state index < -0.39 is 54.4 Å². The molecule has 0 spiro atoms. The number of amides is 2. The number of likely N-dealkylation sites (tertiary alicyclic amines) is 1. The van der Waals surface area contributed by atoms with Crippen LogP contribution in [0.4, 0.5) is 18.9 Å². The molecule has 3 aliphatic rings. The monoisotopic (exact) mass is 625 g/mol. The molecule has 2 aliphatic heterocycles. The molecule has 230 valence electrons. The molecule has 2 fully saturated rings. The van der Waals surface area contributed by atoms with Gasteiger partial charge in [-0.05, 0) is 55.4 Å². The van der Waals surface area contributed by atoms with Gasteiger partial charge in [-0.15, -0.1) is 0 Å². The van der Waals surface area contributed by atoms with Crippen LogP contribution in [0.1, 0.15) is 55.3 Å². The van der Waals surface area contributed by atoms with Crippen molar-refractivity contribution in [3.05, 3.63) is 107 Å². The Bertz CT molecular complexity index is 1620. The molecule has 0 bridgehead atoms. The first-order chi connectivity index (χ1) is 21.0. The van der Waals surface area contributed by atoms with Crippen LogP contribution < -0.4 is 15.6 Å². The fraction of sp³-hybridized carbons (Fsp3) is 0.312. The Kier molecular flexibility index (Phi) is 7.81. The van der Waals surface area contributed by atoms with Gasteiger partial charge in [-0.3, -0.25) is 24.7 Å². The molecule has 6 rings (SSSR count). The third-order valence-electron chi connectivity index (χ3n) is 8.47. The summed E-state index contributed by atoms with van der Waals surface area (Å²) >= 11 is 6.59. The van der Waals surface area contributed by atoms with Crippen LogP contribution >= 0.6 is 11.6 Å². The van der Waals surface area contributed by atoms with E-state index in [9.17, 15) is 28.0 Å². The first kappa shape index (κ1) is 30.0. The van der Waals surface area contributed by atoms with Crippen molar-refractivity contribution in [2.45, 2.75) is 62.4 Å². The Morgan fingerprint density at radius 3 is 2.57 bits per heavy atom. The molecule has 1 saturated carbocycles. The number of hydrogen-bond acceptors (Lipinski definition) is 6. The summed E-state index contributed by atoms with van der Waals surface area (Å²) < 4.78 is 42.1. The number of hydrazine groups is 1. The Balaban J connectivity index is 1.45. The number of carbonyl (C=O) groups is 2. The highest BCUT2D eigenvalue weighted by Gasteiger charge is 2.51. The van der Waals surface area contributed by atoms with Crippen LogP contribution in [0.2, 0.25) is 5.02 Å². The van der Waals surface area contributed by atoms with Gasteiger partial charge in [-0.2, -0.15) is 0 Å². The van der Waals surface area contributed by atoms with E-state index >= 15 is 0 Å². The third kappa shape index (κ3) is 5.40. The summed E-state index contributed by atoms with van der Waals surface area (Å²) in [6, 6.07) is 17.0. The van der Waals surface area contributed by atoms with Crippen molar-refractivity contribution in [1.82, 2.24) is 20.7 Å². The van der Waals surface area contributed by atoms with Gasteiger partial charge in [0.2, 0.25) is 11.8 Å². The Hall–Kier alpha value is -4.06. The van der Waals surface area contributed by atoms with Crippen molar-refractivity contribution in [3.63, 3.8) is 0 Å². The Morgan fingerprint density at radius 2 is 1.84 bits per heavy atom. The van der Waals surface area contributed by atoms with Crippen LogP contribution in [-0.2, 0) is 15.3 Å². The lowest BCUT2D eigenvalue weighted by molar-refractivity contribution is -0.199. The molecule has 3 aromatic carbocycles. The van der Waals surface area contributed by atoms with Gasteiger partial charge in [-0.1, -0.05) is 65.3 Å². The summed E-state index contributed by atoms with van der Waals surface area (Å²) in [6.07, 6.45) is 1.76. The minimum Gasteiger partial charge on any atom is -0.365 e. The quantitative estimate of drug-likeness (QED) is 0.269. The molecule has 12 heteroatoms. The van der Waals surface area contributed by atoms with Crippen LogP contribution in [0.3, 0.4) is 0 Å². The number of hydrogen-bond donors (Lipinski definition) is 3. The van der Waals surface area contributed by atoms with E-state index in [2.05, 4.69) is 10.6 Å². The molecule has 2 amide bonds. The second kappa shape index (κ2) is 11.5. The Morgan fingerprint density at radius 1 is 1.11 bits per heavy atom. The molecule has 3 atom stereocenters. The fourth-order valence-electron chi connectivity index (χ4n) is 6.36. The average molecular weight is 626 g/mol. The van der Waals surface area contributed by atoms with E-state index in [-0.39, 0.29) is 35.0 Å². The number of benzene rings is 3. The van der Waals surface area contributed by atoms with Crippen LogP contribution in [0, 0.1) is 5.82 Å². The van der Waals surface area contributed by atoms with Gasteiger partial charge < -0.3 is 10.6 Å². The highest BCUT2D eigenvalue weighted by atomic mass is 35.5. The van der Waals surface area contributed by atoms with Gasteiger partial charge >= 0.3 is 0 Å². The first-order valence-electron chi connectivity index (χ1n) is 14.3. The maximum atomic E-state index is 14.7. The van der Waals surface area contributed by atoms with Crippen LogP contribution in [0.5, 0.6) is 0 Å². The molecular formula is C32H31ClF3N5O3. The summed E-state index contributed by atoms with van der Waals surface area (Å²) in [4.78, 5) is 29.1. The molecule has 1 aliphatic carbocycles. The highest BCUT2D eigenvalue weighted by molar-refractivity contribution is 6.31. The van der Waals surface area contributed by atoms with Crippen molar-refractivity contribution < 1.29 is 28.0 Å². The molecule has 8 nitrogen and oxygen atoms in total. The van der Waals surface area contributed by atoms with Gasteiger partial charge in [0.15, 0.2) is 6.04 Å². The number of fused-ring (bicyclic) bond motifs is 1. The number of hydroxylamine groups is 1. The minimum atomic E-state index is -2.89. The summed E-state index contributed by atoms with van der Waals surface area (Å²) in [5.41, 5.74) is 0.891. The van der Waals surface area contributed by atoms with Crippen LogP contribution in [-0.4, -0.2) is 45.2 Å². The molecule has 0 radical (unpaired) electrons. The number of anilines is 1. The zero-order chi connectivity index (χ0) is 31.2. The van der Waals surface area contributed by atoms with E-state index in [1.165, 1.54) is 28.1 Å². The van der Waals surface area contributed by atoms with E-state index in [4.69, 9.17) is 11.6 Å². The SMILES string of the molecule is CC1(N2C(=O)CC[C@H]2N(O)N(c2cccc(F)c2)[C@H](C(=O)NC2CC(F)(F)C2)c2ccccc2Cl)NC=Cc2ccccc21. The van der Waals surface area contributed by atoms with Gasteiger partial charge in [0.25, 0.3) is 5.92 Å². The van der Waals surface area contributed by atoms with Crippen LogP contribution in [0.25, 0.3) is 6.08 Å². The molecule has 0 aromatic heterocycles. The molecule has 44 heavy (non-hydrogen) atoms. The lowest BCUT2D eigenvalue weighted by Gasteiger charge is -2.49. The van der Waals surface area contributed by atoms with Crippen molar-refractivity contribution in [3.8, 4) is 0 Å². The van der Waals surface area contributed by atoms with Crippen molar-refractivity contribution in [2.24, 2.45) is 0 Å². The van der Waals surface area contributed by atoms with E-state index in [0.717, 1.165) is 22.4 Å². The topological polar surface area (TPSA) is 88.2 Å². The van der Waals surface area contributed by atoms with Crippen molar-refractivity contribution in [1.29, 1.82) is 0 Å². The largest absolute Gasteiger partial charge is 0.365 e. The predicted octanol–water partition coefficient (Wildman–Crippen LogP) is 5.94. The normalized spacial score (nSPS) is 23.1. The van der Waals surface area contributed by atoms with Gasteiger partial charge in [0, 0.05) is 41.5 Å². The highest BCUT2D eigenvalue weighted by Crippen LogP contribution is 2.42. The molecule has 3 N–H and O–H groups in total. The molecule has 2 heterocycles. The second-order valence-electron chi connectivity index (χ2n) is 11.5. The molecule has 1 unspecified atom stereocenters. The Labute approximate surface area is 257 Å². The lowest BCUT2D eigenvalue weighted by Crippen LogP contribution is -2.64. The van der Waals surface area contributed by atoms with Crippen LogP contribution in [0.15, 0.2) is 79.0 Å². The summed E-state index contributed by atoms with van der Waals surface area (Å²) in [7, 11) is 0. The average Bonchev–Trinajstić information content (AvgIpc) is 3.37. The summed E-state index contributed by atoms with van der Waals surface area (Å²) in [5.74, 6) is -4.52. The van der Waals surface area contributed by atoms with E-state index in [1.807, 2.05) is 37.3 Å². The molecule has 1 saturated heterocycles. The number of nitrogens with one attached hydrogen (secondary N) is 2. The summed E-state index contributed by atoms with van der Waals surface area (Å²) in [5, 5.41) is 20.2. The molecule has 3 aromatic rings. The van der Waals surface area contributed by atoms with Gasteiger partial charge in [0.1, 0.15) is 17.6 Å². The van der Waals surface area contributed by atoms with Gasteiger partial charge in [-0.25, -0.2) is 13.2 Å². The standard InChI is InChI=1S/C32H31ClF3N5O3/c1-31(25-11-4-2-7-20(25)15-16-37-31)39-27(13-14-28(39)42)41(44)40(23-9-6-8-21(34)17-23)29(24-10-3-5-12-26(24)33)30(43)38-22-18-32(35,36)19-22/h2-12,15-17,22,27,29,37,44H,13-14,18-19H2,1H3,(H,38,43)/t27-,29+,31?/m1/s1. The van der Waals surface area contributed by atoms with Gasteiger partial charge in [0.05, 0.1) is 5.69 Å². The number of rotatable bonds is 8. The van der Waals surface area contributed by atoms with Crippen molar-refractivity contribution in [2.75, 3.05) is 5.01 Å². The van der Waals surface area contributed by atoms with E-state index in [1.54, 1.807) is 30.5 Å².